The summed E-state index contributed by atoms with van der Waals surface area (Å²) in [5, 5.41) is 3.31. The third kappa shape index (κ3) is 3.01. The van der Waals surface area contributed by atoms with Gasteiger partial charge in [-0.3, -0.25) is 0 Å². The molecule has 0 amide bonds. The average Bonchev–Trinajstić information content (AvgIpc) is 2.44. The molecule has 0 saturated heterocycles. The number of hydrogen-bond donors (Lipinski definition) is 0. The molecule has 0 radical (unpaired) electrons. The maximum absolute atomic E-state index is 5.43. The molecule has 0 bridgehead atoms. The number of ether oxygens (including phenoxy) is 1. The second kappa shape index (κ2) is 6.25. The van der Waals surface area contributed by atoms with E-state index in [-0.39, 0.29) is 0 Å². The number of halogens is 1. The van der Waals surface area contributed by atoms with E-state index in [1.165, 1.54) is 16.5 Å². The van der Waals surface area contributed by atoms with Gasteiger partial charge in [-0.05, 0) is 22.9 Å². The highest BCUT2D eigenvalue weighted by Crippen LogP contribution is 2.30. The van der Waals surface area contributed by atoms with E-state index in [4.69, 9.17) is 4.74 Å². The molecule has 2 aromatic carbocycles. The molecule has 0 N–H and O–H groups in total. The smallest absolute Gasteiger partial charge is 0.126 e. The minimum absolute atomic E-state index is 0.542. The van der Waals surface area contributed by atoms with Crippen LogP contribution in [0.15, 0.2) is 42.0 Å². The minimum atomic E-state index is 0.542. The van der Waals surface area contributed by atoms with Gasteiger partial charge in [0.05, 0.1) is 7.11 Å². The van der Waals surface area contributed by atoms with Gasteiger partial charge in [0.25, 0.3) is 0 Å². The van der Waals surface area contributed by atoms with Gasteiger partial charge < -0.3 is 4.74 Å². The molecule has 0 aliphatic heterocycles. The number of alkyl halides is 1. The average molecular weight is 319 g/mol. The molecule has 0 fully saturated rings. The number of benzene rings is 2. The Hall–Kier alpha value is -1.28. The third-order valence-corrected chi connectivity index (χ3v) is 4.02. The number of methoxy groups -OCH3 is 1. The summed E-state index contributed by atoms with van der Waals surface area (Å²) in [5.41, 5.74) is 2.65. The van der Waals surface area contributed by atoms with Crippen molar-refractivity contribution in [3.8, 4) is 5.75 Å². The van der Waals surface area contributed by atoms with Crippen molar-refractivity contribution in [1.29, 1.82) is 0 Å². The highest BCUT2D eigenvalue weighted by atomic mass is 79.9. The molecule has 2 rings (SSSR count). The normalized spacial score (nSPS) is 12.2. The Bertz CT molecular complexity index is 599. The molecule has 2 aromatic rings. The second-order valence-corrected chi connectivity index (χ2v) is 5.47. The summed E-state index contributed by atoms with van der Waals surface area (Å²) in [6.07, 6.45) is 2.28. The van der Waals surface area contributed by atoms with E-state index < -0.39 is 0 Å². The highest BCUT2D eigenvalue weighted by Gasteiger charge is 2.07. The van der Waals surface area contributed by atoms with Crippen LogP contribution in [-0.4, -0.2) is 12.4 Å². The first-order valence-electron chi connectivity index (χ1n) is 6.49. The Morgan fingerprint density at radius 1 is 1.16 bits per heavy atom. The van der Waals surface area contributed by atoms with Crippen LogP contribution in [-0.2, 0) is 0 Å². The molecule has 1 nitrogen and oxygen atoms in total. The monoisotopic (exact) mass is 318 g/mol. The Balaban J connectivity index is 2.62. The number of hydrogen-bond acceptors (Lipinski definition) is 1. The first-order chi connectivity index (χ1) is 9.17. The lowest BCUT2D eigenvalue weighted by Gasteiger charge is -2.11. The van der Waals surface area contributed by atoms with Crippen molar-refractivity contribution in [2.45, 2.75) is 13.8 Å². The molecular weight excluding hydrogens is 300 g/mol. The summed E-state index contributed by atoms with van der Waals surface area (Å²) >= 11 is 3.57. The van der Waals surface area contributed by atoms with Crippen LogP contribution < -0.4 is 4.74 Å². The fourth-order valence-electron chi connectivity index (χ4n) is 2.16. The van der Waals surface area contributed by atoms with E-state index in [0.29, 0.717) is 5.92 Å². The van der Waals surface area contributed by atoms with Crippen LogP contribution in [0.2, 0.25) is 0 Å². The van der Waals surface area contributed by atoms with Gasteiger partial charge in [0.1, 0.15) is 5.75 Å². The molecule has 0 atom stereocenters. The minimum Gasteiger partial charge on any atom is -0.496 e. The second-order valence-electron chi connectivity index (χ2n) is 4.91. The summed E-state index contributed by atoms with van der Waals surface area (Å²) < 4.78 is 5.43. The quantitative estimate of drug-likeness (QED) is 0.696. The van der Waals surface area contributed by atoms with Gasteiger partial charge in [-0.25, -0.2) is 0 Å². The van der Waals surface area contributed by atoms with Crippen molar-refractivity contribution in [3.63, 3.8) is 0 Å². The van der Waals surface area contributed by atoms with Crippen LogP contribution in [0, 0.1) is 5.92 Å². The zero-order chi connectivity index (χ0) is 13.8. The van der Waals surface area contributed by atoms with E-state index in [1.54, 1.807) is 7.11 Å². The standard InChI is InChI=1S/C17H19BrO/c1-12(2)14(11-18)10-13-8-9-17(19-3)16-7-5-4-6-15(13)16/h4-10,12H,11H2,1-3H3. The van der Waals surface area contributed by atoms with E-state index in [0.717, 1.165) is 16.5 Å². The highest BCUT2D eigenvalue weighted by molar-refractivity contribution is 9.09. The Kier molecular flexibility index (Phi) is 4.65. The summed E-state index contributed by atoms with van der Waals surface area (Å²) in [4.78, 5) is 0. The summed E-state index contributed by atoms with van der Waals surface area (Å²) in [6.45, 7) is 4.44. The van der Waals surface area contributed by atoms with Gasteiger partial charge in [0.15, 0.2) is 0 Å². The van der Waals surface area contributed by atoms with Gasteiger partial charge in [-0.2, -0.15) is 0 Å². The summed E-state index contributed by atoms with van der Waals surface area (Å²) in [7, 11) is 1.72. The van der Waals surface area contributed by atoms with Crippen LogP contribution in [0.3, 0.4) is 0 Å². The zero-order valence-electron chi connectivity index (χ0n) is 11.6. The predicted octanol–water partition coefficient (Wildman–Crippen LogP) is 5.28. The number of allylic oxidation sites excluding steroid dienone is 1. The first kappa shape index (κ1) is 14.1. The summed E-state index contributed by atoms with van der Waals surface area (Å²) in [6, 6.07) is 12.5. The van der Waals surface area contributed by atoms with Gasteiger partial charge in [-0.1, -0.05) is 71.8 Å². The Morgan fingerprint density at radius 3 is 2.42 bits per heavy atom. The largest absolute Gasteiger partial charge is 0.496 e. The van der Waals surface area contributed by atoms with Crippen LogP contribution in [0.4, 0.5) is 0 Å². The molecule has 100 valence electrons. The van der Waals surface area contributed by atoms with Crippen molar-refractivity contribution < 1.29 is 4.74 Å². The molecular formula is C17H19BrO. The predicted molar refractivity (Wildman–Crippen MR) is 87.1 cm³/mol. The molecule has 0 aliphatic rings. The molecule has 0 saturated carbocycles. The van der Waals surface area contributed by atoms with Crippen LogP contribution in [0.1, 0.15) is 19.4 Å². The molecule has 0 aliphatic carbocycles. The lowest BCUT2D eigenvalue weighted by molar-refractivity contribution is 0.420. The maximum Gasteiger partial charge on any atom is 0.126 e. The van der Waals surface area contributed by atoms with Crippen LogP contribution in [0.5, 0.6) is 5.75 Å². The van der Waals surface area contributed by atoms with Crippen molar-refractivity contribution in [3.05, 3.63) is 47.5 Å². The van der Waals surface area contributed by atoms with Crippen molar-refractivity contribution >= 4 is 32.8 Å². The van der Waals surface area contributed by atoms with Crippen molar-refractivity contribution in [2.24, 2.45) is 5.92 Å². The maximum atomic E-state index is 5.43. The topological polar surface area (TPSA) is 9.23 Å². The van der Waals surface area contributed by atoms with Crippen LogP contribution >= 0.6 is 15.9 Å². The van der Waals surface area contributed by atoms with Crippen molar-refractivity contribution in [2.75, 3.05) is 12.4 Å². The van der Waals surface area contributed by atoms with E-state index >= 15 is 0 Å². The van der Waals surface area contributed by atoms with Gasteiger partial charge >= 0.3 is 0 Å². The fourth-order valence-corrected chi connectivity index (χ4v) is 2.97. The molecule has 0 unspecified atom stereocenters. The SMILES string of the molecule is COc1ccc(C=C(CBr)C(C)C)c2ccccc12. The van der Waals surface area contributed by atoms with E-state index in [2.05, 4.69) is 60.1 Å². The molecule has 0 spiro atoms. The van der Waals surface area contributed by atoms with Gasteiger partial charge in [0.2, 0.25) is 0 Å². The van der Waals surface area contributed by atoms with E-state index in [9.17, 15) is 0 Å². The molecule has 2 heteroatoms. The molecule has 19 heavy (non-hydrogen) atoms. The Labute approximate surface area is 123 Å². The lowest BCUT2D eigenvalue weighted by atomic mass is 9.98. The molecule has 0 heterocycles. The Morgan fingerprint density at radius 2 is 1.84 bits per heavy atom. The third-order valence-electron chi connectivity index (χ3n) is 3.37. The zero-order valence-corrected chi connectivity index (χ0v) is 13.2. The van der Waals surface area contributed by atoms with Gasteiger partial charge in [-0.15, -0.1) is 0 Å². The lowest BCUT2D eigenvalue weighted by Crippen LogP contribution is -1.95. The van der Waals surface area contributed by atoms with Crippen molar-refractivity contribution in [1.82, 2.24) is 0 Å². The van der Waals surface area contributed by atoms with Crippen LogP contribution in [0.25, 0.3) is 16.8 Å². The fraction of sp³-hybridized carbons (Fsp3) is 0.294. The first-order valence-corrected chi connectivity index (χ1v) is 7.61. The number of fused-ring (bicyclic) bond motifs is 1. The molecule has 0 aromatic heterocycles. The summed E-state index contributed by atoms with van der Waals surface area (Å²) in [5.74, 6) is 1.47. The number of rotatable bonds is 4. The van der Waals surface area contributed by atoms with Gasteiger partial charge in [0, 0.05) is 10.7 Å². The van der Waals surface area contributed by atoms with E-state index in [1.807, 2.05) is 12.1 Å².